The summed E-state index contributed by atoms with van der Waals surface area (Å²) in [6, 6.07) is 0.903. The number of thiophene rings is 1. The number of anilines is 1. The average Bonchev–Trinajstić information content (AvgIpc) is 3.43. The second kappa shape index (κ2) is 8.45. The number of likely N-dealkylation sites (N-methyl/N-ethyl adjacent to an activating group) is 1. The molecular weight excluding hydrogens is 410 g/mol. The quantitative estimate of drug-likeness (QED) is 0.670. The number of amides is 3. The highest BCUT2D eigenvalue weighted by Crippen LogP contribution is 2.47. The molecule has 31 heavy (non-hydrogen) atoms. The molecule has 3 amide bonds. The van der Waals surface area contributed by atoms with Crippen LogP contribution in [0.3, 0.4) is 0 Å². The Morgan fingerprint density at radius 1 is 1.03 bits per heavy atom. The molecule has 8 heteroatoms. The van der Waals surface area contributed by atoms with Gasteiger partial charge in [0.2, 0.25) is 6.41 Å². The smallest absolute Gasteiger partial charge is 0.320 e. The molecule has 168 valence electrons. The molecule has 1 N–H and O–H groups in total. The molecule has 1 saturated heterocycles. The van der Waals surface area contributed by atoms with E-state index in [2.05, 4.69) is 21.8 Å². The third-order valence-corrected chi connectivity index (χ3v) is 8.79. The summed E-state index contributed by atoms with van der Waals surface area (Å²) in [6.45, 7) is 3.81. The Balaban J connectivity index is 1.41. The number of carbonyl (C=O) groups excluding carboxylic acids is 2. The lowest BCUT2D eigenvalue weighted by molar-refractivity contribution is -0.105. The summed E-state index contributed by atoms with van der Waals surface area (Å²) in [5, 5.41) is 10.3. The molecule has 2 aromatic heterocycles. The molecule has 0 unspecified atom stereocenters. The van der Waals surface area contributed by atoms with E-state index in [-0.39, 0.29) is 6.03 Å². The second-order valence-corrected chi connectivity index (χ2v) is 10.5. The maximum atomic E-state index is 12.4. The van der Waals surface area contributed by atoms with Crippen molar-refractivity contribution in [3.8, 4) is 0 Å². The van der Waals surface area contributed by atoms with Gasteiger partial charge in [-0.15, -0.1) is 0 Å². The van der Waals surface area contributed by atoms with Gasteiger partial charge in [-0.05, 0) is 51.4 Å². The van der Waals surface area contributed by atoms with Crippen molar-refractivity contribution in [3.63, 3.8) is 0 Å². The minimum Gasteiger partial charge on any atom is -0.326 e. The monoisotopic (exact) mass is 443 g/mol. The van der Waals surface area contributed by atoms with Gasteiger partial charge >= 0.3 is 6.03 Å². The van der Waals surface area contributed by atoms with Crippen LogP contribution in [-0.4, -0.2) is 58.2 Å². The first-order chi connectivity index (χ1) is 15.1. The van der Waals surface area contributed by atoms with Crippen LogP contribution in [0.5, 0.6) is 0 Å². The van der Waals surface area contributed by atoms with Crippen LogP contribution in [0, 0.1) is 6.92 Å². The Morgan fingerprint density at radius 2 is 1.74 bits per heavy atom. The highest BCUT2D eigenvalue weighted by atomic mass is 32.1. The molecule has 0 aromatic carbocycles. The Labute approximate surface area is 187 Å². The van der Waals surface area contributed by atoms with Gasteiger partial charge in [-0.2, -0.15) is 5.10 Å². The van der Waals surface area contributed by atoms with E-state index in [0.29, 0.717) is 18.0 Å². The van der Waals surface area contributed by atoms with Crippen molar-refractivity contribution in [2.24, 2.45) is 0 Å². The second-order valence-electron chi connectivity index (χ2n) is 9.51. The molecule has 3 heterocycles. The van der Waals surface area contributed by atoms with Crippen LogP contribution in [0.2, 0.25) is 0 Å². The Hall–Kier alpha value is -2.09. The third-order valence-electron chi connectivity index (χ3n) is 7.66. The van der Waals surface area contributed by atoms with Gasteiger partial charge in [-0.1, -0.05) is 30.6 Å². The number of carbonyl (C=O) groups is 2. The fraction of sp³-hybridized carbons (Fsp3) is 0.696. The predicted molar refractivity (Wildman–Crippen MR) is 124 cm³/mol. The number of hydrogen-bond donors (Lipinski definition) is 1. The predicted octanol–water partition coefficient (Wildman–Crippen LogP) is 4.87. The lowest BCUT2D eigenvalue weighted by atomic mass is 9.83. The first-order valence-electron chi connectivity index (χ1n) is 11.8. The molecular formula is C23H33N5O2S. The number of urea groups is 1. The summed E-state index contributed by atoms with van der Waals surface area (Å²) in [7, 11) is 1.89. The standard InChI is InChI=1S/C23H33N5O2S/c1-15-19-20(16-6-4-3-5-7-16)21(24-14-29)31-22(19)28(25-15)18-10-8-17(9-11-18)27-13-12-26(2)23(27)30/h14,16-18H,3-13H2,1-2H3,(H,24,29). The zero-order chi connectivity index (χ0) is 21.5. The van der Waals surface area contributed by atoms with Crippen LogP contribution in [0.4, 0.5) is 9.80 Å². The van der Waals surface area contributed by atoms with E-state index in [0.717, 1.165) is 55.9 Å². The largest absolute Gasteiger partial charge is 0.326 e. The molecule has 2 aromatic rings. The van der Waals surface area contributed by atoms with Crippen LogP contribution < -0.4 is 5.32 Å². The van der Waals surface area contributed by atoms with Crippen LogP contribution >= 0.6 is 11.3 Å². The van der Waals surface area contributed by atoms with Gasteiger partial charge in [0.1, 0.15) is 9.83 Å². The third kappa shape index (κ3) is 3.62. The molecule has 7 nitrogen and oxygen atoms in total. The van der Waals surface area contributed by atoms with Crippen molar-refractivity contribution >= 4 is 39.0 Å². The van der Waals surface area contributed by atoms with Crippen molar-refractivity contribution in [1.29, 1.82) is 0 Å². The van der Waals surface area contributed by atoms with Gasteiger partial charge in [0.15, 0.2) is 0 Å². The van der Waals surface area contributed by atoms with Gasteiger partial charge < -0.3 is 15.1 Å². The van der Waals surface area contributed by atoms with Gasteiger partial charge in [0.05, 0.1) is 11.7 Å². The molecule has 0 bridgehead atoms. The molecule has 3 fully saturated rings. The summed E-state index contributed by atoms with van der Waals surface area (Å²) in [5.74, 6) is 0.523. The summed E-state index contributed by atoms with van der Waals surface area (Å²) < 4.78 is 2.24. The summed E-state index contributed by atoms with van der Waals surface area (Å²) >= 11 is 1.70. The highest BCUT2D eigenvalue weighted by molar-refractivity contribution is 7.22. The normalized spacial score (nSPS) is 25.5. The van der Waals surface area contributed by atoms with E-state index in [9.17, 15) is 9.59 Å². The number of hydrogen-bond acceptors (Lipinski definition) is 4. The van der Waals surface area contributed by atoms with Crippen molar-refractivity contribution in [2.45, 2.75) is 82.7 Å². The number of rotatable bonds is 5. The number of nitrogens with zero attached hydrogens (tertiary/aromatic N) is 4. The van der Waals surface area contributed by atoms with E-state index in [4.69, 9.17) is 5.10 Å². The number of aryl methyl sites for hydroxylation is 1. The van der Waals surface area contributed by atoms with Crippen LogP contribution in [0.15, 0.2) is 0 Å². The van der Waals surface area contributed by atoms with Crippen molar-refractivity contribution in [2.75, 3.05) is 25.5 Å². The maximum Gasteiger partial charge on any atom is 0.320 e. The Bertz CT molecular complexity index is 968. The van der Waals surface area contributed by atoms with E-state index < -0.39 is 0 Å². The van der Waals surface area contributed by atoms with Crippen molar-refractivity contribution in [3.05, 3.63) is 11.3 Å². The molecule has 1 aliphatic heterocycles. The molecule has 2 saturated carbocycles. The molecule has 2 aliphatic carbocycles. The number of nitrogens with one attached hydrogen (secondary N) is 1. The maximum absolute atomic E-state index is 12.4. The number of fused-ring (bicyclic) bond motifs is 1. The molecule has 0 atom stereocenters. The van der Waals surface area contributed by atoms with Crippen LogP contribution in [-0.2, 0) is 4.79 Å². The SMILES string of the molecule is Cc1nn(C2CCC(N3CCN(C)C3=O)CC2)c2sc(NC=O)c(C3CCCCC3)c12. The Kier molecular flexibility index (Phi) is 5.67. The van der Waals surface area contributed by atoms with E-state index in [1.807, 2.05) is 11.9 Å². The van der Waals surface area contributed by atoms with Crippen LogP contribution in [0.1, 0.15) is 81.0 Å². The van der Waals surface area contributed by atoms with Gasteiger partial charge in [-0.3, -0.25) is 9.48 Å². The first kappa shape index (κ1) is 20.8. The van der Waals surface area contributed by atoms with Gasteiger partial charge in [0, 0.05) is 37.1 Å². The summed E-state index contributed by atoms with van der Waals surface area (Å²) in [5.41, 5.74) is 2.42. The van der Waals surface area contributed by atoms with Crippen molar-refractivity contribution in [1.82, 2.24) is 19.6 Å². The number of aromatic nitrogens is 2. The summed E-state index contributed by atoms with van der Waals surface area (Å²) in [6.07, 6.45) is 11.2. The average molecular weight is 444 g/mol. The van der Waals surface area contributed by atoms with Crippen LogP contribution in [0.25, 0.3) is 10.2 Å². The first-order valence-corrected chi connectivity index (χ1v) is 12.6. The minimum atomic E-state index is 0.181. The lowest BCUT2D eigenvalue weighted by Gasteiger charge is -2.34. The fourth-order valence-corrected chi connectivity index (χ4v) is 7.33. The van der Waals surface area contributed by atoms with Gasteiger partial charge in [0.25, 0.3) is 0 Å². The van der Waals surface area contributed by atoms with E-state index in [1.54, 1.807) is 11.3 Å². The molecule has 5 rings (SSSR count). The Morgan fingerprint density at radius 3 is 2.39 bits per heavy atom. The topological polar surface area (TPSA) is 70.5 Å². The molecule has 0 spiro atoms. The van der Waals surface area contributed by atoms with E-state index in [1.165, 1.54) is 47.9 Å². The van der Waals surface area contributed by atoms with Crippen molar-refractivity contribution < 1.29 is 9.59 Å². The highest BCUT2D eigenvalue weighted by Gasteiger charge is 2.36. The van der Waals surface area contributed by atoms with Gasteiger partial charge in [-0.25, -0.2) is 4.79 Å². The minimum absolute atomic E-state index is 0.181. The zero-order valence-corrected chi connectivity index (χ0v) is 19.4. The molecule has 3 aliphatic rings. The molecule has 0 radical (unpaired) electrons. The summed E-state index contributed by atoms with van der Waals surface area (Å²) in [4.78, 5) is 28.8. The zero-order valence-electron chi connectivity index (χ0n) is 18.6. The van der Waals surface area contributed by atoms with E-state index >= 15 is 0 Å². The lowest BCUT2D eigenvalue weighted by Crippen LogP contribution is -2.40. The fourth-order valence-electron chi connectivity index (χ4n) is 6.01.